The monoisotopic (exact) mass is 317 g/mol. The number of hydrogen-bond acceptors (Lipinski definition) is 3. The van der Waals surface area contributed by atoms with Gasteiger partial charge in [0.1, 0.15) is 0 Å². The smallest absolute Gasteiger partial charge is 0.243 e. The fourth-order valence-electron chi connectivity index (χ4n) is 2.69. The summed E-state index contributed by atoms with van der Waals surface area (Å²) < 4.78 is 27.2. The zero-order chi connectivity index (χ0) is 14.9. The predicted octanol–water partition coefficient (Wildman–Crippen LogP) is 2.57. The molecule has 0 saturated carbocycles. The van der Waals surface area contributed by atoms with E-state index in [0.717, 1.165) is 0 Å². The molecule has 0 radical (unpaired) electrons. The quantitative estimate of drug-likeness (QED) is 0.932. The molecular formula is C14H20ClNO3S. The third-order valence-corrected chi connectivity index (χ3v) is 6.42. The van der Waals surface area contributed by atoms with Crippen LogP contribution in [0.1, 0.15) is 31.7 Å². The van der Waals surface area contributed by atoms with Crippen molar-refractivity contribution >= 4 is 21.6 Å². The van der Waals surface area contributed by atoms with E-state index in [2.05, 4.69) is 0 Å². The van der Waals surface area contributed by atoms with Crippen LogP contribution in [-0.4, -0.2) is 36.5 Å². The molecule has 1 fully saturated rings. The molecule has 1 aliphatic heterocycles. The first-order valence-electron chi connectivity index (χ1n) is 6.83. The molecule has 112 valence electrons. The van der Waals surface area contributed by atoms with Crippen molar-refractivity contribution in [3.05, 3.63) is 28.8 Å². The lowest BCUT2D eigenvalue weighted by atomic mass is 10.0. The van der Waals surface area contributed by atoms with Gasteiger partial charge in [-0.1, -0.05) is 24.6 Å². The molecule has 6 heteroatoms. The van der Waals surface area contributed by atoms with Gasteiger partial charge in [-0.2, -0.15) is 4.31 Å². The maximum Gasteiger partial charge on any atom is 0.243 e. The van der Waals surface area contributed by atoms with E-state index in [1.807, 2.05) is 6.92 Å². The number of piperidine rings is 1. The number of benzene rings is 1. The maximum absolute atomic E-state index is 12.8. The molecule has 0 amide bonds. The van der Waals surface area contributed by atoms with Gasteiger partial charge >= 0.3 is 0 Å². The van der Waals surface area contributed by atoms with Gasteiger partial charge < -0.3 is 5.11 Å². The van der Waals surface area contributed by atoms with Gasteiger partial charge in [0.15, 0.2) is 0 Å². The number of aliphatic hydroxyl groups is 1. The third-order valence-electron chi connectivity index (χ3n) is 3.91. The van der Waals surface area contributed by atoms with Crippen molar-refractivity contribution in [3.8, 4) is 0 Å². The maximum atomic E-state index is 12.8. The topological polar surface area (TPSA) is 57.6 Å². The van der Waals surface area contributed by atoms with Gasteiger partial charge in [0.05, 0.1) is 11.0 Å². The number of aliphatic hydroxyl groups excluding tert-OH is 1. The minimum atomic E-state index is -3.56. The van der Waals surface area contributed by atoms with Crippen molar-refractivity contribution < 1.29 is 13.5 Å². The van der Waals surface area contributed by atoms with Crippen molar-refractivity contribution in [1.29, 1.82) is 0 Å². The number of rotatable bonds is 3. The van der Waals surface area contributed by atoms with Crippen LogP contribution < -0.4 is 0 Å². The summed E-state index contributed by atoms with van der Waals surface area (Å²) in [6.07, 6.45) is 1.26. The van der Waals surface area contributed by atoms with E-state index in [0.29, 0.717) is 36.4 Å². The third kappa shape index (κ3) is 2.86. The van der Waals surface area contributed by atoms with Gasteiger partial charge in [-0.3, -0.25) is 0 Å². The molecule has 1 N–H and O–H groups in total. The summed E-state index contributed by atoms with van der Waals surface area (Å²) in [7, 11) is -3.56. The molecule has 20 heavy (non-hydrogen) atoms. The van der Waals surface area contributed by atoms with Crippen molar-refractivity contribution in [2.24, 2.45) is 0 Å². The Hall–Kier alpha value is -0.620. The van der Waals surface area contributed by atoms with Gasteiger partial charge in [0.2, 0.25) is 10.0 Å². The molecular weight excluding hydrogens is 298 g/mol. The predicted molar refractivity (Wildman–Crippen MR) is 79.4 cm³/mol. The molecule has 1 aromatic rings. The molecule has 1 heterocycles. The largest absolute Gasteiger partial charge is 0.393 e. The van der Waals surface area contributed by atoms with E-state index in [1.165, 1.54) is 4.31 Å². The highest BCUT2D eigenvalue weighted by Crippen LogP contribution is 2.30. The summed E-state index contributed by atoms with van der Waals surface area (Å²) in [5.41, 5.74) is 0.579. The highest BCUT2D eigenvalue weighted by Gasteiger charge is 2.36. The first kappa shape index (κ1) is 15.8. The van der Waals surface area contributed by atoms with Gasteiger partial charge in [0.25, 0.3) is 0 Å². The Kier molecular flexibility index (Phi) is 4.74. The highest BCUT2D eigenvalue weighted by atomic mass is 35.5. The van der Waals surface area contributed by atoms with Gasteiger partial charge in [-0.25, -0.2) is 8.42 Å². The Morgan fingerprint density at radius 2 is 2.15 bits per heavy atom. The van der Waals surface area contributed by atoms with E-state index >= 15 is 0 Å². The summed E-state index contributed by atoms with van der Waals surface area (Å²) in [5, 5.41) is 10.2. The van der Waals surface area contributed by atoms with Crippen molar-refractivity contribution in [1.82, 2.24) is 4.31 Å². The second-order valence-electron chi connectivity index (χ2n) is 5.22. The Labute approximate surface area is 125 Å². The summed E-state index contributed by atoms with van der Waals surface area (Å²) in [4.78, 5) is 0.264. The fraction of sp³-hybridized carbons (Fsp3) is 0.571. The normalized spacial score (nSPS) is 24.8. The average molecular weight is 318 g/mol. The van der Waals surface area contributed by atoms with Gasteiger partial charge in [-0.05, 0) is 43.9 Å². The van der Waals surface area contributed by atoms with Crippen LogP contribution in [0.2, 0.25) is 5.02 Å². The number of hydrogen-bond donors (Lipinski definition) is 1. The van der Waals surface area contributed by atoms with E-state index in [4.69, 9.17) is 11.6 Å². The van der Waals surface area contributed by atoms with Crippen LogP contribution >= 0.6 is 11.6 Å². The lowest BCUT2D eigenvalue weighted by Crippen LogP contribution is -2.47. The fourth-order valence-corrected chi connectivity index (χ4v) is 4.89. The second kappa shape index (κ2) is 6.02. The second-order valence-corrected chi connectivity index (χ2v) is 7.49. The number of nitrogens with zero attached hydrogens (tertiary/aromatic N) is 1. The summed E-state index contributed by atoms with van der Waals surface area (Å²) in [6, 6.07) is 4.78. The van der Waals surface area contributed by atoms with Crippen molar-refractivity contribution in [2.75, 3.05) is 6.54 Å². The first-order valence-corrected chi connectivity index (χ1v) is 8.64. The van der Waals surface area contributed by atoms with E-state index in [-0.39, 0.29) is 10.9 Å². The van der Waals surface area contributed by atoms with Crippen LogP contribution in [-0.2, 0) is 10.0 Å². The van der Waals surface area contributed by atoms with E-state index in [9.17, 15) is 13.5 Å². The molecule has 0 unspecified atom stereocenters. The lowest BCUT2D eigenvalue weighted by molar-refractivity contribution is 0.0797. The zero-order valence-electron chi connectivity index (χ0n) is 11.7. The lowest BCUT2D eigenvalue weighted by Gasteiger charge is -2.36. The van der Waals surface area contributed by atoms with Crippen LogP contribution in [0, 0.1) is 6.92 Å². The highest BCUT2D eigenvalue weighted by molar-refractivity contribution is 7.89. The minimum Gasteiger partial charge on any atom is -0.393 e. The van der Waals surface area contributed by atoms with Crippen molar-refractivity contribution in [2.45, 2.75) is 50.2 Å². The Morgan fingerprint density at radius 3 is 2.80 bits per heavy atom. The molecule has 0 aliphatic carbocycles. The van der Waals surface area contributed by atoms with Crippen LogP contribution in [0.3, 0.4) is 0 Å². The van der Waals surface area contributed by atoms with Gasteiger partial charge in [0, 0.05) is 17.6 Å². The molecule has 1 saturated heterocycles. The van der Waals surface area contributed by atoms with Crippen LogP contribution in [0.4, 0.5) is 0 Å². The average Bonchev–Trinajstić information content (AvgIpc) is 2.41. The standard InChI is InChI=1S/C14H20ClNO3S/c1-3-11-9-12(17)7-8-16(11)20(18,19)14-6-4-5-13(15)10(14)2/h4-6,11-12,17H,3,7-9H2,1-2H3/t11-,12-/m0/s1. The van der Waals surface area contributed by atoms with E-state index < -0.39 is 16.1 Å². The van der Waals surface area contributed by atoms with Crippen molar-refractivity contribution in [3.63, 3.8) is 0 Å². The first-order chi connectivity index (χ1) is 9.37. The minimum absolute atomic E-state index is 0.151. The molecule has 2 rings (SSSR count). The van der Waals surface area contributed by atoms with Gasteiger partial charge in [-0.15, -0.1) is 0 Å². The van der Waals surface area contributed by atoms with Crippen LogP contribution in [0.25, 0.3) is 0 Å². The molecule has 0 aromatic heterocycles. The Bertz CT molecular complexity index is 588. The molecule has 2 atom stereocenters. The molecule has 4 nitrogen and oxygen atoms in total. The number of sulfonamides is 1. The molecule has 1 aliphatic rings. The van der Waals surface area contributed by atoms with E-state index in [1.54, 1.807) is 25.1 Å². The SMILES string of the molecule is CC[C@H]1C[C@@H](O)CCN1S(=O)(=O)c1cccc(Cl)c1C. The molecule has 0 spiro atoms. The molecule has 0 bridgehead atoms. The van der Waals surface area contributed by atoms with Crippen LogP contribution in [0.15, 0.2) is 23.1 Å². The Morgan fingerprint density at radius 1 is 1.45 bits per heavy atom. The summed E-state index contributed by atoms with van der Waals surface area (Å²) in [6.45, 7) is 4.01. The zero-order valence-corrected chi connectivity index (χ0v) is 13.3. The Balaban J connectivity index is 2.41. The molecule has 1 aromatic carbocycles. The summed E-state index contributed by atoms with van der Waals surface area (Å²) in [5.74, 6) is 0. The number of halogens is 1. The summed E-state index contributed by atoms with van der Waals surface area (Å²) >= 11 is 6.03. The van der Waals surface area contributed by atoms with Crippen LogP contribution in [0.5, 0.6) is 0 Å².